The molecule has 2 aromatic carbocycles. The van der Waals surface area contributed by atoms with E-state index in [9.17, 15) is 22.0 Å². The van der Waals surface area contributed by atoms with Gasteiger partial charge in [0.1, 0.15) is 5.69 Å². The zero-order valence-corrected chi connectivity index (χ0v) is 11.9. The van der Waals surface area contributed by atoms with Gasteiger partial charge in [-0.15, -0.1) is 0 Å². The minimum Gasteiger partial charge on any atom is -0.332 e. The molecule has 22 heavy (non-hydrogen) atoms. The van der Waals surface area contributed by atoms with Crippen molar-refractivity contribution < 1.29 is 22.0 Å². The SMILES string of the molecule is Cc1ccccc1NC(=S)Nc1c(F)c(F)c(F)c(F)c1F. The van der Waals surface area contributed by atoms with Gasteiger partial charge < -0.3 is 10.6 Å². The van der Waals surface area contributed by atoms with E-state index in [2.05, 4.69) is 5.32 Å². The summed E-state index contributed by atoms with van der Waals surface area (Å²) < 4.78 is 66.1. The van der Waals surface area contributed by atoms with Crippen molar-refractivity contribution in [2.75, 3.05) is 10.6 Å². The minimum absolute atomic E-state index is 0.308. The van der Waals surface area contributed by atoms with Gasteiger partial charge in [0, 0.05) is 5.69 Å². The lowest BCUT2D eigenvalue weighted by Gasteiger charge is -2.14. The van der Waals surface area contributed by atoms with Gasteiger partial charge in [-0.05, 0) is 30.8 Å². The maximum Gasteiger partial charge on any atom is 0.200 e. The van der Waals surface area contributed by atoms with Gasteiger partial charge in [-0.25, -0.2) is 22.0 Å². The smallest absolute Gasteiger partial charge is 0.200 e. The molecular formula is C14H9F5N2S. The lowest BCUT2D eigenvalue weighted by Crippen LogP contribution is -2.22. The van der Waals surface area contributed by atoms with Gasteiger partial charge in [0.25, 0.3) is 0 Å². The summed E-state index contributed by atoms with van der Waals surface area (Å²) in [5.74, 6) is -10.3. The molecule has 0 radical (unpaired) electrons. The molecule has 0 bridgehead atoms. The first-order valence-electron chi connectivity index (χ1n) is 5.98. The fraction of sp³-hybridized carbons (Fsp3) is 0.0714. The topological polar surface area (TPSA) is 24.1 Å². The van der Waals surface area contributed by atoms with Crippen molar-refractivity contribution in [3.63, 3.8) is 0 Å². The average molecular weight is 332 g/mol. The summed E-state index contributed by atoms with van der Waals surface area (Å²) in [6, 6.07) is 6.85. The molecule has 0 amide bonds. The first-order valence-corrected chi connectivity index (χ1v) is 6.38. The predicted octanol–water partition coefficient (Wildman–Crippen LogP) is 4.50. The van der Waals surface area contributed by atoms with Gasteiger partial charge in [-0.2, -0.15) is 0 Å². The van der Waals surface area contributed by atoms with Crippen molar-refractivity contribution in [1.29, 1.82) is 0 Å². The first-order chi connectivity index (χ1) is 10.3. The summed E-state index contributed by atoms with van der Waals surface area (Å²) in [6.45, 7) is 1.75. The van der Waals surface area contributed by atoms with Crippen LogP contribution in [0.3, 0.4) is 0 Å². The van der Waals surface area contributed by atoms with Crippen LogP contribution in [-0.2, 0) is 0 Å². The number of benzene rings is 2. The molecule has 0 spiro atoms. The predicted molar refractivity (Wildman–Crippen MR) is 77.3 cm³/mol. The maximum absolute atomic E-state index is 13.5. The van der Waals surface area contributed by atoms with Crippen molar-refractivity contribution in [3.8, 4) is 0 Å². The zero-order valence-electron chi connectivity index (χ0n) is 11.1. The normalized spacial score (nSPS) is 10.5. The van der Waals surface area contributed by atoms with E-state index in [1.807, 2.05) is 5.32 Å². The number of nitrogens with one attached hydrogen (secondary N) is 2. The van der Waals surface area contributed by atoms with E-state index < -0.39 is 34.8 Å². The second kappa shape index (κ2) is 6.27. The largest absolute Gasteiger partial charge is 0.332 e. The van der Waals surface area contributed by atoms with Crippen LogP contribution in [0.4, 0.5) is 33.3 Å². The summed E-state index contributed by atoms with van der Waals surface area (Å²) in [5, 5.41) is 4.29. The van der Waals surface area contributed by atoms with Crippen molar-refractivity contribution in [3.05, 3.63) is 58.9 Å². The Bertz CT molecular complexity index is 719. The molecule has 2 rings (SSSR count). The van der Waals surface area contributed by atoms with E-state index in [-0.39, 0.29) is 5.11 Å². The molecular weight excluding hydrogens is 323 g/mol. The molecule has 8 heteroatoms. The Morgan fingerprint density at radius 3 is 1.86 bits per heavy atom. The van der Waals surface area contributed by atoms with Gasteiger partial charge in [0.15, 0.2) is 28.4 Å². The van der Waals surface area contributed by atoms with Gasteiger partial charge in [0.2, 0.25) is 5.82 Å². The average Bonchev–Trinajstić information content (AvgIpc) is 2.50. The van der Waals surface area contributed by atoms with E-state index >= 15 is 0 Å². The van der Waals surface area contributed by atoms with Crippen molar-refractivity contribution >= 4 is 28.7 Å². The number of aryl methyl sites for hydroxylation is 1. The molecule has 2 aromatic rings. The highest BCUT2D eigenvalue weighted by molar-refractivity contribution is 7.80. The summed E-state index contributed by atoms with van der Waals surface area (Å²) in [6.07, 6.45) is 0. The third-order valence-electron chi connectivity index (χ3n) is 2.84. The number of hydrogen-bond acceptors (Lipinski definition) is 1. The van der Waals surface area contributed by atoms with E-state index in [4.69, 9.17) is 12.2 Å². The number of rotatable bonds is 2. The fourth-order valence-corrected chi connectivity index (χ4v) is 1.91. The highest BCUT2D eigenvalue weighted by Crippen LogP contribution is 2.27. The molecule has 2 nitrogen and oxygen atoms in total. The summed E-state index contributed by atoms with van der Waals surface area (Å²) >= 11 is 4.82. The highest BCUT2D eigenvalue weighted by atomic mass is 32.1. The Morgan fingerprint density at radius 2 is 1.32 bits per heavy atom. The molecule has 0 saturated carbocycles. The molecule has 0 aliphatic heterocycles. The number of hydrogen-bond donors (Lipinski definition) is 2. The van der Waals surface area contributed by atoms with Crippen molar-refractivity contribution in [2.24, 2.45) is 0 Å². The maximum atomic E-state index is 13.5. The molecule has 0 heterocycles. The number of anilines is 2. The highest BCUT2D eigenvalue weighted by Gasteiger charge is 2.26. The second-order valence-corrected chi connectivity index (χ2v) is 4.75. The molecule has 0 fully saturated rings. The molecule has 0 atom stereocenters. The van der Waals surface area contributed by atoms with Crippen LogP contribution in [0.15, 0.2) is 24.3 Å². The standard InChI is InChI=1S/C14H9F5N2S/c1-6-4-2-3-5-7(6)20-14(22)21-13-11(18)9(16)8(15)10(17)12(13)19/h2-5H,1H3,(H2,20,21,22). The first kappa shape index (κ1) is 16.2. The van der Waals surface area contributed by atoms with Crippen molar-refractivity contribution in [2.45, 2.75) is 6.92 Å². The van der Waals surface area contributed by atoms with E-state index in [0.717, 1.165) is 5.56 Å². The lowest BCUT2D eigenvalue weighted by molar-refractivity contribution is 0.382. The van der Waals surface area contributed by atoms with Crippen LogP contribution >= 0.6 is 12.2 Å². The Morgan fingerprint density at radius 1 is 0.818 bits per heavy atom. The molecule has 2 N–H and O–H groups in total. The third-order valence-corrected chi connectivity index (χ3v) is 3.05. The number of halogens is 5. The molecule has 0 aliphatic rings. The van der Waals surface area contributed by atoms with Gasteiger partial charge >= 0.3 is 0 Å². The summed E-state index contributed by atoms with van der Waals surface area (Å²) in [4.78, 5) is 0. The van der Waals surface area contributed by atoms with Crippen molar-refractivity contribution in [1.82, 2.24) is 0 Å². The quantitative estimate of drug-likeness (QED) is 0.366. The monoisotopic (exact) mass is 332 g/mol. The van der Waals surface area contributed by atoms with Crippen LogP contribution in [0.1, 0.15) is 5.56 Å². The minimum atomic E-state index is -2.22. The van der Waals surface area contributed by atoms with E-state index in [1.54, 1.807) is 31.2 Å². The van der Waals surface area contributed by atoms with Crippen LogP contribution in [-0.4, -0.2) is 5.11 Å². The van der Waals surface area contributed by atoms with Crippen LogP contribution < -0.4 is 10.6 Å². The van der Waals surface area contributed by atoms with E-state index in [0.29, 0.717) is 5.69 Å². The Balaban J connectivity index is 2.28. The Hall–Kier alpha value is -2.22. The summed E-state index contributed by atoms with van der Waals surface area (Å²) in [7, 11) is 0. The fourth-order valence-electron chi connectivity index (χ4n) is 1.69. The second-order valence-electron chi connectivity index (χ2n) is 4.34. The van der Waals surface area contributed by atoms with Crippen LogP contribution in [0, 0.1) is 36.0 Å². The van der Waals surface area contributed by atoms with Crippen LogP contribution in [0.5, 0.6) is 0 Å². The summed E-state index contributed by atoms with van der Waals surface area (Å²) in [5.41, 5.74) is 0.107. The molecule has 0 saturated heterocycles. The molecule has 0 aliphatic carbocycles. The Labute approximate surface area is 128 Å². The molecule has 0 unspecified atom stereocenters. The van der Waals surface area contributed by atoms with Crippen LogP contribution in [0.2, 0.25) is 0 Å². The number of para-hydroxylation sites is 1. The van der Waals surface area contributed by atoms with Gasteiger partial charge in [0.05, 0.1) is 0 Å². The Kier molecular flexibility index (Phi) is 4.60. The third kappa shape index (κ3) is 3.01. The zero-order chi connectivity index (χ0) is 16.4. The number of thiocarbonyl (C=S) groups is 1. The van der Waals surface area contributed by atoms with Crippen LogP contribution in [0.25, 0.3) is 0 Å². The molecule has 0 aromatic heterocycles. The lowest BCUT2D eigenvalue weighted by atomic mass is 10.2. The van der Waals surface area contributed by atoms with E-state index in [1.165, 1.54) is 0 Å². The van der Waals surface area contributed by atoms with Gasteiger partial charge in [-0.3, -0.25) is 0 Å². The van der Waals surface area contributed by atoms with Gasteiger partial charge in [-0.1, -0.05) is 18.2 Å². The molecule has 116 valence electrons.